The number of aromatic nitrogens is 2. The lowest BCUT2D eigenvalue weighted by Crippen LogP contribution is -2.43. The van der Waals surface area contributed by atoms with Crippen LogP contribution >= 0.6 is 27.3 Å². The number of carbonyl (C=O) groups excluding carboxylic acids is 2. The number of carbonyl (C=O) groups is 2. The van der Waals surface area contributed by atoms with E-state index in [1.807, 2.05) is 13.0 Å². The third-order valence-electron chi connectivity index (χ3n) is 4.68. The van der Waals surface area contributed by atoms with Crippen LogP contribution in [0.5, 0.6) is 0 Å². The van der Waals surface area contributed by atoms with Gasteiger partial charge in [0.05, 0.1) is 16.6 Å². The number of hydrogen-bond donors (Lipinski definition) is 1. The summed E-state index contributed by atoms with van der Waals surface area (Å²) in [5.41, 5.74) is 0.788. The van der Waals surface area contributed by atoms with E-state index < -0.39 is 0 Å². The second-order valence-corrected chi connectivity index (χ2v) is 9.56. The molecule has 8 heteroatoms. The van der Waals surface area contributed by atoms with Crippen LogP contribution in [0, 0.1) is 18.8 Å². The summed E-state index contributed by atoms with van der Waals surface area (Å²) in [5.74, 6) is 0.696. The lowest BCUT2D eigenvalue weighted by Gasteiger charge is -2.31. The van der Waals surface area contributed by atoms with E-state index in [0.29, 0.717) is 29.7 Å². The summed E-state index contributed by atoms with van der Waals surface area (Å²) in [7, 11) is 0. The lowest BCUT2D eigenvalue weighted by atomic mass is 9.97. The molecule has 2 aromatic heterocycles. The fourth-order valence-electron chi connectivity index (χ4n) is 3.28. The van der Waals surface area contributed by atoms with Gasteiger partial charge in [0.25, 0.3) is 5.91 Å². The van der Waals surface area contributed by atoms with Crippen molar-refractivity contribution in [3.05, 3.63) is 38.4 Å². The number of nitrogens with zero attached hydrogens (tertiary/aromatic N) is 3. The van der Waals surface area contributed by atoms with Crippen LogP contribution in [0.2, 0.25) is 0 Å². The van der Waals surface area contributed by atoms with Crippen LogP contribution in [0.15, 0.2) is 22.8 Å². The van der Waals surface area contributed by atoms with E-state index in [-0.39, 0.29) is 17.7 Å². The first kappa shape index (κ1) is 20.9. The number of likely N-dealkylation sites (tertiary alicyclic amines) is 1. The van der Waals surface area contributed by atoms with Gasteiger partial charge in [-0.1, -0.05) is 13.8 Å². The highest BCUT2D eigenvalue weighted by Gasteiger charge is 2.30. The van der Waals surface area contributed by atoms with Crippen molar-refractivity contribution in [2.75, 3.05) is 18.4 Å². The van der Waals surface area contributed by atoms with E-state index in [1.165, 1.54) is 11.3 Å². The van der Waals surface area contributed by atoms with E-state index in [0.717, 1.165) is 34.4 Å². The Morgan fingerprint density at radius 1 is 1.39 bits per heavy atom. The van der Waals surface area contributed by atoms with Gasteiger partial charge < -0.3 is 10.2 Å². The Labute approximate surface area is 177 Å². The molecule has 3 rings (SSSR count). The van der Waals surface area contributed by atoms with Crippen molar-refractivity contribution in [1.29, 1.82) is 0 Å². The van der Waals surface area contributed by atoms with E-state index in [1.54, 1.807) is 17.2 Å². The number of hydrogen-bond acceptors (Lipinski definition) is 5. The van der Waals surface area contributed by atoms with Gasteiger partial charge in [0.1, 0.15) is 10.7 Å². The number of pyridine rings is 1. The molecule has 1 aliphatic heterocycles. The summed E-state index contributed by atoms with van der Waals surface area (Å²) in [5, 5.41) is 3.86. The van der Waals surface area contributed by atoms with Gasteiger partial charge >= 0.3 is 0 Å². The zero-order valence-electron chi connectivity index (χ0n) is 16.4. The zero-order chi connectivity index (χ0) is 20.3. The lowest BCUT2D eigenvalue weighted by molar-refractivity contribution is -0.121. The minimum Gasteiger partial charge on any atom is -0.337 e. The Morgan fingerprint density at radius 2 is 2.18 bits per heavy atom. The van der Waals surface area contributed by atoms with Crippen LogP contribution in [0.25, 0.3) is 0 Å². The molecular weight excluding hydrogens is 440 g/mol. The SMILES string of the molecule is Cc1nc(CC(C)C)sc1C(=O)N1CCCC(C(=O)Nc2ccc(Br)cn2)C1. The highest BCUT2D eigenvalue weighted by Crippen LogP contribution is 2.26. The van der Waals surface area contributed by atoms with Gasteiger partial charge in [-0.3, -0.25) is 9.59 Å². The number of anilines is 1. The number of halogens is 1. The molecule has 1 saturated heterocycles. The number of piperidine rings is 1. The molecule has 6 nitrogen and oxygen atoms in total. The Hall–Kier alpha value is -1.80. The van der Waals surface area contributed by atoms with Crippen LogP contribution in [0.4, 0.5) is 5.82 Å². The fourth-order valence-corrected chi connectivity index (χ4v) is 4.76. The first-order chi connectivity index (χ1) is 13.3. The first-order valence-electron chi connectivity index (χ1n) is 9.51. The predicted octanol–water partition coefficient (Wildman–Crippen LogP) is 4.30. The first-order valence-corrected chi connectivity index (χ1v) is 11.1. The molecule has 2 aromatic rings. The van der Waals surface area contributed by atoms with Crippen molar-refractivity contribution in [3.63, 3.8) is 0 Å². The average Bonchev–Trinajstić information content (AvgIpc) is 3.02. The van der Waals surface area contributed by atoms with Crippen molar-refractivity contribution >= 4 is 44.9 Å². The molecule has 150 valence electrons. The smallest absolute Gasteiger partial charge is 0.265 e. The standard InChI is InChI=1S/C20H25BrN4O2S/c1-12(2)9-17-23-13(3)18(28-17)20(27)25-8-4-5-14(11-25)19(26)24-16-7-6-15(21)10-22-16/h6-7,10,12,14H,4-5,8-9,11H2,1-3H3,(H,22,24,26). The Morgan fingerprint density at radius 3 is 2.86 bits per heavy atom. The van der Waals surface area contributed by atoms with Crippen LogP contribution in [0.1, 0.15) is 47.1 Å². The van der Waals surface area contributed by atoms with Gasteiger partial charge in [-0.15, -0.1) is 11.3 Å². The van der Waals surface area contributed by atoms with Crippen molar-refractivity contribution in [1.82, 2.24) is 14.9 Å². The number of rotatable bonds is 5. The molecule has 0 aromatic carbocycles. The molecule has 0 aliphatic carbocycles. The van der Waals surface area contributed by atoms with E-state index in [2.05, 4.69) is 45.1 Å². The predicted molar refractivity (Wildman–Crippen MR) is 115 cm³/mol. The average molecular weight is 465 g/mol. The summed E-state index contributed by atoms with van der Waals surface area (Å²) in [6, 6.07) is 3.59. The van der Waals surface area contributed by atoms with Gasteiger partial charge in [0.2, 0.25) is 5.91 Å². The minimum atomic E-state index is -0.230. The van der Waals surface area contributed by atoms with Crippen molar-refractivity contribution in [2.45, 2.75) is 40.0 Å². The van der Waals surface area contributed by atoms with Crippen LogP contribution in [-0.2, 0) is 11.2 Å². The third kappa shape index (κ3) is 5.17. The molecule has 1 atom stereocenters. The minimum absolute atomic E-state index is 0.00993. The Balaban J connectivity index is 1.65. The Bertz CT molecular complexity index is 850. The van der Waals surface area contributed by atoms with Crippen LogP contribution < -0.4 is 5.32 Å². The monoisotopic (exact) mass is 464 g/mol. The highest BCUT2D eigenvalue weighted by atomic mass is 79.9. The van der Waals surface area contributed by atoms with Crippen LogP contribution in [0.3, 0.4) is 0 Å². The summed E-state index contributed by atoms with van der Waals surface area (Å²) >= 11 is 4.82. The molecule has 1 N–H and O–H groups in total. The van der Waals surface area contributed by atoms with Crippen molar-refractivity contribution < 1.29 is 9.59 Å². The molecule has 1 fully saturated rings. The van der Waals surface area contributed by atoms with Gasteiger partial charge in [0.15, 0.2) is 0 Å². The molecule has 0 spiro atoms. The van der Waals surface area contributed by atoms with E-state index >= 15 is 0 Å². The quantitative estimate of drug-likeness (QED) is 0.715. The second-order valence-electron chi connectivity index (χ2n) is 7.56. The molecular formula is C20H25BrN4O2S. The van der Waals surface area contributed by atoms with E-state index in [9.17, 15) is 9.59 Å². The number of amides is 2. The normalized spacial score (nSPS) is 17.0. The molecule has 28 heavy (non-hydrogen) atoms. The van der Waals surface area contributed by atoms with Gasteiger partial charge in [-0.2, -0.15) is 0 Å². The topological polar surface area (TPSA) is 75.2 Å². The molecule has 2 amide bonds. The maximum Gasteiger partial charge on any atom is 0.265 e. The number of thiazole rings is 1. The maximum atomic E-state index is 13.0. The molecule has 1 aliphatic rings. The molecule has 0 bridgehead atoms. The van der Waals surface area contributed by atoms with Crippen LogP contribution in [-0.4, -0.2) is 39.8 Å². The Kier molecular flexibility index (Phi) is 6.82. The summed E-state index contributed by atoms with van der Waals surface area (Å²) in [6.07, 6.45) is 4.11. The molecule has 3 heterocycles. The largest absolute Gasteiger partial charge is 0.337 e. The zero-order valence-corrected chi connectivity index (χ0v) is 18.8. The fraction of sp³-hybridized carbons (Fsp3) is 0.500. The van der Waals surface area contributed by atoms with Gasteiger partial charge in [0, 0.05) is 30.2 Å². The van der Waals surface area contributed by atoms with Crippen molar-refractivity contribution in [2.24, 2.45) is 11.8 Å². The molecule has 0 saturated carbocycles. The summed E-state index contributed by atoms with van der Waals surface area (Å²) < 4.78 is 0.858. The second kappa shape index (κ2) is 9.13. The third-order valence-corrected chi connectivity index (χ3v) is 6.31. The molecule has 1 unspecified atom stereocenters. The van der Waals surface area contributed by atoms with E-state index in [4.69, 9.17) is 0 Å². The molecule has 0 radical (unpaired) electrons. The van der Waals surface area contributed by atoms with Crippen molar-refractivity contribution in [3.8, 4) is 0 Å². The van der Waals surface area contributed by atoms with Gasteiger partial charge in [-0.05, 0) is 53.7 Å². The summed E-state index contributed by atoms with van der Waals surface area (Å²) in [4.78, 5) is 36.9. The maximum absolute atomic E-state index is 13.0. The highest BCUT2D eigenvalue weighted by molar-refractivity contribution is 9.10. The van der Waals surface area contributed by atoms with Gasteiger partial charge in [-0.25, -0.2) is 9.97 Å². The summed E-state index contributed by atoms with van der Waals surface area (Å²) in [6.45, 7) is 7.29. The number of nitrogens with one attached hydrogen (secondary N) is 1. The number of aryl methyl sites for hydroxylation is 1.